The summed E-state index contributed by atoms with van der Waals surface area (Å²) in [6, 6.07) is 17.5. The van der Waals surface area contributed by atoms with Crippen molar-refractivity contribution in [2.24, 2.45) is 5.41 Å². The van der Waals surface area contributed by atoms with Gasteiger partial charge in [0.25, 0.3) is 0 Å². The van der Waals surface area contributed by atoms with E-state index in [0.717, 1.165) is 5.56 Å². The lowest BCUT2D eigenvalue weighted by Gasteiger charge is -2.08. The van der Waals surface area contributed by atoms with Gasteiger partial charge in [-0.05, 0) is 29.8 Å². The molecule has 0 spiro atoms. The van der Waals surface area contributed by atoms with Crippen molar-refractivity contribution in [1.29, 1.82) is 5.26 Å². The van der Waals surface area contributed by atoms with Crippen molar-refractivity contribution in [3.8, 4) is 6.07 Å². The van der Waals surface area contributed by atoms with Crippen molar-refractivity contribution in [3.63, 3.8) is 0 Å². The van der Waals surface area contributed by atoms with Crippen LogP contribution in [0.2, 0.25) is 5.02 Å². The number of rotatable bonds is 5. The zero-order valence-electron chi connectivity index (χ0n) is 13.0. The van der Waals surface area contributed by atoms with Gasteiger partial charge in [0.1, 0.15) is 5.41 Å². The first-order valence-corrected chi connectivity index (χ1v) is 9.34. The van der Waals surface area contributed by atoms with E-state index in [1.165, 1.54) is 19.2 Å². The Balaban J connectivity index is 2.07. The van der Waals surface area contributed by atoms with Gasteiger partial charge in [-0.3, -0.25) is 0 Å². The zero-order valence-corrected chi connectivity index (χ0v) is 14.6. The molecule has 0 radical (unpaired) electrons. The predicted molar refractivity (Wildman–Crippen MR) is 91.5 cm³/mol. The lowest BCUT2D eigenvalue weighted by molar-refractivity contribution is 0.162. The Kier molecular flexibility index (Phi) is 4.39. The molecule has 1 aliphatic rings. The van der Waals surface area contributed by atoms with Crippen LogP contribution in [0.4, 0.5) is 0 Å². The standard InChI is InChI=1S/C18H16ClNO3S/c1-23-12-18(11-20)16(13-5-3-2-4-6-13)17(18)24(21,22)15-9-7-14(19)8-10-15/h2-10,16-17H,12H2,1H3/t16-,17-,18-/m1/s1. The van der Waals surface area contributed by atoms with Crippen LogP contribution in [0.3, 0.4) is 0 Å². The van der Waals surface area contributed by atoms with E-state index in [0.29, 0.717) is 5.02 Å². The molecule has 4 nitrogen and oxygen atoms in total. The quantitative estimate of drug-likeness (QED) is 0.818. The van der Waals surface area contributed by atoms with Crippen LogP contribution in [0.1, 0.15) is 11.5 Å². The first kappa shape index (κ1) is 17.0. The monoisotopic (exact) mass is 361 g/mol. The Morgan fingerprint density at radius 2 is 1.79 bits per heavy atom. The van der Waals surface area contributed by atoms with E-state index in [2.05, 4.69) is 6.07 Å². The summed E-state index contributed by atoms with van der Waals surface area (Å²) in [5, 5.41) is 9.36. The van der Waals surface area contributed by atoms with Crippen LogP contribution < -0.4 is 0 Å². The summed E-state index contributed by atoms with van der Waals surface area (Å²) < 4.78 is 31.4. The smallest absolute Gasteiger partial charge is 0.183 e. The maximum Gasteiger partial charge on any atom is 0.183 e. The van der Waals surface area contributed by atoms with Crippen LogP contribution in [0.5, 0.6) is 0 Å². The van der Waals surface area contributed by atoms with Crippen molar-refractivity contribution in [2.45, 2.75) is 16.1 Å². The van der Waals surface area contributed by atoms with Crippen LogP contribution in [-0.4, -0.2) is 27.4 Å². The maximum atomic E-state index is 13.1. The number of nitriles is 1. The lowest BCUT2D eigenvalue weighted by Crippen LogP contribution is -2.19. The van der Waals surface area contributed by atoms with Gasteiger partial charge in [0.15, 0.2) is 9.84 Å². The Morgan fingerprint density at radius 3 is 2.33 bits per heavy atom. The molecule has 0 aliphatic heterocycles. The van der Waals surface area contributed by atoms with E-state index >= 15 is 0 Å². The maximum absolute atomic E-state index is 13.1. The Bertz CT molecular complexity index is 875. The number of sulfone groups is 1. The largest absolute Gasteiger partial charge is 0.383 e. The van der Waals surface area contributed by atoms with Crippen LogP contribution >= 0.6 is 11.6 Å². The summed E-state index contributed by atoms with van der Waals surface area (Å²) in [5.74, 6) is -0.413. The molecule has 0 bridgehead atoms. The summed E-state index contributed by atoms with van der Waals surface area (Å²) >= 11 is 5.85. The molecule has 2 aromatic carbocycles. The highest BCUT2D eigenvalue weighted by Gasteiger charge is 2.72. The molecule has 1 fully saturated rings. The molecule has 3 rings (SSSR count). The van der Waals surface area contributed by atoms with Gasteiger partial charge in [-0.1, -0.05) is 41.9 Å². The summed E-state index contributed by atoms with van der Waals surface area (Å²) in [5.41, 5.74) is -0.243. The number of hydrogen-bond donors (Lipinski definition) is 0. The number of halogens is 1. The van der Waals surface area contributed by atoms with E-state index < -0.39 is 26.4 Å². The van der Waals surface area contributed by atoms with Crippen LogP contribution in [0.25, 0.3) is 0 Å². The Hall–Kier alpha value is -1.87. The van der Waals surface area contributed by atoms with Crippen LogP contribution in [0, 0.1) is 16.7 Å². The highest BCUT2D eigenvalue weighted by molar-refractivity contribution is 7.92. The normalized spacial score (nSPS) is 25.9. The highest BCUT2D eigenvalue weighted by Crippen LogP contribution is 2.63. The van der Waals surface area contributed by atoms with Crippen molar-refractivity contribution in [3.05, 3.63) is 65.2 Å². The fourth-order valence-electron chi connectivity index (χ4n) is 3.34. The van der Waals surface area contributed by atoms with Gasteiger partial charge in [0, 0.05) is 18.1 Å². The van der Waals surface area contributed by atoms with Gasteiger partial charge in [-0.25, -0.2) is 8.42 Å². The molecule has 0 aromatic heterocycles. The van der Waals surface area contributed by atoms with Crippen molar-refractivity contribution >= 4 is 21.4 Å². The number of nitrogens with zero attached hydrogens (tertiary/aromatic N) is 1. The number of hydrogen-bond acceptors (Lipinski definition) is 4. The average Bonchev–Trinajstić information content (AvgIpc) is 3.26. The molecule has 24 heavy (non-hydrogen) atoms. The molecule has 0 amide bonds. The Morgan fingerprint density at radius 1 is 1.17 bits per heavy atom. The third kappa shape index (κ3) is 2.61. The molecular weight excluding hydrogens is 346 g/mol. The van der Waals surface area contributed by atoms with Crippen LogP contribution in [-0.2, 0) is 14.6 Å². The molecule has 1 aliphatic carbocycles. The molecule has 2 aromatic rings. The van der Waals surface area contributed by atoms with Gasteiger partial charge in [0.2, 0.25) is 0 Å². The first-order chi connectivity index (χ1) is 11.5. The van der Waals surface area contributed by atoms with Crippen molar-refractivity contribution in [1.82, 2.24) is 0 Å². The molecule has 0 saturated heterocycles. The molecular formula is C18H16ClNO3S. The molecule has 0 heterocycles. The van der Waals surface area contributed by atoms with Gasteiger partial charge >= 0.3 is 0 Å². The average molecular weight is 362 g/mol. The van der Waals surface area contributed by atoms with E-state index in [4.69, 9.17) is 16.3 Å². The summed E-state index contributed by atoms with van der Waals surface area (Å²) in [6.07, 6.45) is 0. The molecule has 6 heteroatoms. The SMILES string of the molecule is COC[C@]1(C#N)[C@H](c2ccccc2)[C@H]1S(=O)(=O)c1ccc(Cl)cc1. The fourth-order valence-corrected chi connectivity index (χ4v) is 5.78. The minimum absolute atomic E-state index is 0.0700. The van der Waals surface area contributed by atoms with Crippen molar-refractivity contribution < 1.29 is 13.2 Å². The van der Waals surface area contributed by atoms with Gasteiger partial charge < -0.3 is 4.74 Å². The molecule has 3 atom stereocenters. The molecule has 0 N–H and O–H groups in total. The third-order valence-corrected chi connectivity index (χ3v) is 7.03. The summed E-state index contributed by atoms with van der Waals surface area (Å²) in [7, 11) is -2.21. The van der Waals surface area contributed by atoms with Crippen molar-refractivity contribution in [2.75, 3.05) is 13.7 Å². The van der Waals surface area contributed by atoms with E-state index in [-0.39, 0.29) is 11.5 Å². The second kappa shape index (κ2) is 6.21. The second-order valence-electron chi connectivity index (χ2n) is 5.89. The zero-order chi connectivity index (χ0) is 17.4. The first-order valence-electron chi connectivity index (χ1n) is 7.42. The number of benzene rings is 2. The summed E-state index contributed by atoms with van der Waals surface area (Å²) in [4.78, 5) is 0.172. The minimum atomic E-state index is -3.68. The molecule has 1 saturated carbocycles. The molecule has 0 unspecified atom stereocenters. The fraction of sp³-hybridized carbons (Fsp3) is 0.278. The van der Waals surface area contributed by atoms with E-state index in [1.54, 1.807) is 12.1 Å². The minimum Gasteiger partial charge on any atom is -0.383 e. The third-order valence-electron chi connectivity index (χ3n) is 4.48. The topological polar surface area (TPSA) is 67.2 Å². The lowest BCUT2D eigenvalue weighted by atomic mass is 10.0. The van der Waals surface area contributed by atoms with E-state index in [9.17, 15) is 13.7 Å². The van der Waals surface area contributed by atoms with Crippen LogP contribution in [0.15, 0.2) is 59.5 Å². The summed E-state index contributed by atoms with van der Waals surface area (Å²) in [6.45, 7) is 0.0700. The number of methoxy groups -OCH3 is 1. The molecule has 124 valence electrons. The Labute approximate surface area is 146 Å². The number of ether oxygens (including phenoxy) is 1. The van der Waals surface area contributed by atoms with Gasteiger partial charge in [-0.2, -0.15) is 5.26 Å². The predicted octanol–water partition coefficient (Wildman–Crippen LogP) is 3.44. The van der Waals surface area contributed by atoms with Gasteiger partial charge in [0.05, 0.1) is 22.8 Å². The van der Waals surface area contributed by atoms with Gasteiger partial charge in [-0.15, -0.1) is 0 Å². The second-order valence-corrected chi connectivity index (χ2v) is 8.40. The van der Waals surface area contributed by atoms with E-state index in [1.807, 2.05) is 30.3 Å². The highest BCUT2D eigenvalue weighted by atomic mass is 35.5.